The minimum atomic E-state index is -0.594. The van der Waals surface area contributed by atoms with E-state index in [1.807, 2.05) is 32.0 Å². The van der Waals surface area contributed by atoms with Crippen LogP contribution >= 0.6 is 0 Å². The van der Waals surface area contributed by atoms with E-state index in [1.165, 1.54) is 6.39 Å². The number of rotatable bonds is 8. The van der Waals surface area contributed by atoms with Crippen LogP contribution in [0.5, 0.6) is 5.75 Å². The Bertz CT molecular complexity index is 968. The number of aryl methyl sites for hydroxylation is 2. The number of benzene rings is 2. The van der Waals surface area contributed by atoms with Gasteiger partial charge >= 0.3 is 5.97 Å². The third kappa shape index (κ3) is 5.65. The lowest BCUT2D eigenvalue weighted by Crippen LogP contribution is -2.32. The first-order valence-corrected chi connectivity index (χ1v) is 9.03. The van der Waals surface area contributed by atoms with E-state index < -0.39 is 11.9 Å². The highest BCUT2D eigenvalue weighted by Crippen LogP contribution is 2.18. The Morgan fingerprint density at radius 1 is 1.10 bits per heavy atom. The summed E-state index contributed by atoms with van der Waals surface area (Å²) in [6, 6.07) is 12.4. The molecule has 0 spiro atoms. The SMILES string of the molecule is Cc1ccc(OCCNC(=O)COC(=O)c2ccc(-c3nnco3)cc2)c(C)c1. The molecule has 0 saturated carbocycles. The number of hydrogen-bond acceptors (Lipinski definition) is 7. The van der Waals surface area contributed by atoms with Crippen molar-refractivity contribution in [1.29, 1.82) is 0 Å². The molecule has 0 atom stereocenters. The molecule has 3 aromatic rings. The molecule has 0 saturated heterocycles. The first-order chi connectivity index (χ1) is 14.0. The van der Waals surface area contributed by atoms with Gasteiger partial charge in [-0.3, -0.25) is 4.79 Å². The number of hydrogen-bond donors (Lipinski definition) is 1. The molecule has 2 aromatic carbocycles. The molecule has 3 rings (SSSR count). The molecular weight excluding hydrogens is 374 g/mol. The molecule has 0 aliphatic rings. The van der Waals surface area contributed by atoms with Crippen molar-refractivity contribution < 1.29 is 23.5 Å². The third-order valence-corrected chi connectivity index (χ3v) is 4.07. The fourth-order valence-corrected chi connectivity index (χ4v) is 2.63. The van der Waals surface area contributed by atoms with Crippen LogP contribution in [0.1, 0.15) is 21.5 Å². The first kappa shape index (κ1) is 20.1. The Kier molecular flexibility index (Phi) is 6.57. The maximum absolute atomic E-state index is 12.0. The Hall–Kier alpha value is -3.68. The van der Waals surface area contributed by atoms with Gasteiger partial charge in [0.25, 0.3) is 5.91 Å². The molecular formula is C21H21N3O5. The molecule has 8 heteroatoms. The summed E-state index contributed by atoms with van der Waals surface area (Å²) in [4.78, 5) is 23.9. The fourth-order valence-electron chi connectivity index (χ4n) is 2.63. The van der Waals surface area contributed by atoms with Crippen molar-refractivity contribution in [2.75, 3.05) is 19.8 Å². The predicted molar refractivity (Wildman–Crippen MR) is 104 cm³/mol. The van der Waals surface area contributed by atoms with Gasteiger partial charge in [-0.1, -0.05) is 17.7 Å². The second-order valence-electron chi connectivity index (χ2n) is 6.36. The Balaban J connectivity index is 1.38. The third-order valence-electron chi connectivity index (χ3n) is 4.07. The highest BCUT2D eigenvalue weighted by Gasteiger charge is 2.11. The minimum Gasteiger partial charge on any atom is -0.491 e. The largest absolute Gasteiger partial charge is 0.491 e. The van der Waals surface area contributed by atoms with Crippen LogP contribution in [0, 0.1) is 13.8 Å². The van der Waals surface area contributed by atoms with Crippen molar-refractivity contribution >= 4 is 11.9 Å². The van der Waals surface area contributed by atoms with Crippen molar-refractivity contribution in [3.8, 4) is 17.2 Å². The van der Waals surface area contributed by atoms with Crippen molar-refractivity contribution in [3.05, 3.63) is 65.5 Å². The molecule has 0 radical (unpaired) electrons. The normalized spacial score (nSPS) is 10.4. The summed E-state index contributed by atoms with van der Waals surface area (Å²) >= 11 is 0. The molecule has 1 heterocycles. The van der Waals surface area contributed by atoms with Crippen LogP contribution in [0.4, 0.5) is 0 Å². The summed E-state index contributed by atoms with van der Waals surface area (Å²) in [6.45, 7) is 4.24. The van der Waals surface area contributed by atoms with Crippen molar-refractivity contribution in [2.45, 2.75) is 13.8 Å². The molecule has 0 unspecified atom stereocenters. The summed E-state index contributed by atoms with van der Waals surface area (Å²) < 4.78 is 15.7. The lowest BCUT2D eigenvalue weighted by Gasteiger charge is -2.10. The van der Waals surface area contributed by atoms with Crippen LogP contribution in [-0.4, -0.2) is 41.8 Å². The number of amides is 1. The van der Waals surface area contributed by atoms with E-state index in [9.17, 15) is 9.59 Å². The van der Waals surface area contributed by atoms with Crippen LogP contribution in [0.3, 0.4) is 0 Å². The minimum absolute atomic E-state index is 0.308. The maximum Gasteiger partial charge on any atom is 0.338 e. The number of nitrogens with zero attached hydrogens (tertiary/aromatic N) is 2. The first-order valence-electron chi connectivity index (χ1n) is 9.03. The lowest BCUT2D eigenvalue weighted by atomic mass is 10.1. The molecule has 0 bridgehead atoms. The number of ether oxygens (including phenoxy) is 2. The molecule has 0 aliphatic heterocycles. The number of nitrogens with one attached hydrogen (secondary N) is 1. The van der Waals surface area contributed by atoms with Crippen LogP contribution < -0.4 is 10.1 Å². The van der Waals surface area contributed by atoms with Gasteiger partial charge in [-0.15, -0.1) is 10.2 Å². The van der Waals surface area contributed by atoms with E-state index in [0.29, 0.717) is 30.2 Å². The summed E-state index contributed by atoms with van der Waals surface area (Å²) in [5.74, 6) is 0.140. The van der Waals surface area contributed by atoms with Crippen LogP contribution in [0.2, 0.25) is 0 Å². The number of esters is 1. The topological polar surface area (TPSA) is 104 Å². The fraction of sp³-hybridized carbons (Fsp3) is 0.238. The van der Waals surface area contributed by atoms with Crippen LogP contribution in [0.15, 0.2) is 53.3 Å². The van der Waals surface area contributed by atoms with E-state index in [1.54, 1.807) is 24.3 Å². The average molecular weight is 395 g/mol. The molecule has 1 aromatic heterocycles. The maximum atomic E-state index is 12.0. The molecule has 1 N–H and O–H groups in total. The van der Waals surface area contributed by atoms with E-state index in [2.05, 4.69) is 15.5 Å². The molecule has 150 valence electrons. The smallest absolute Gasteiger partial charge is 0.338 e. The van der Waals surface area contributed by atoms with Gasteiger partial charge in [0, 0.05) is 5.56 Å². The second-order valence-corrected chi connectivity index (χ2v) is 6.36. The highest BCUT2D eigenvalue weighted by molar-refractivity contribution is 5.91. The van der Waals surface area contributed by atoms with Gasteiger partial charge in [-0.05, 0) is 49.7 Å². The van der Waals surface area contributed by atoms with Crippen molar-refractivity contribution in [1.82, 2.24) is 15.5 Å². The van der Waals surface area contributed by atoms with Gasteiger partial charge in [-0.2, -0.15) is 0 Å². The van der Waals surface area contributed by atoms with Gasteiger partial charge in [0.15, 0.2) is 6.61 Å². The van der Waals surface area contributed by atoms with E-state index in [4.69, 9.17) is 13.9 Å². The summed E-state index contributed by atoms with van der Waals surface area (Å²) in [5.41, 5.74) is 3.20. The van der Waals surface area contributed by atoms with E-state index in [-0.39, 0.29) is 6.61 Å². The average Bonchev–Trinajstić information content (AvgIpc) is 3.25. The van der Waals surface area contributed by atoms with Crippen LogP contribution in [0.25, 0.3) is 11.5 Å². The summed E-state index contributed by atoms with van der Waals surface area (Å²) in [7, 11) is 0. The molecule has 8 nitrogen and oxygen atoms in total. The molecule has 1 amide bonds. The van der Waals surface area contributed by atoms with Crippen LogP contribution in [-0.2, 0) is 9.53 Å². The Morgan fingerprint density at radius 3 is 2.59 bits per heavy atom. The second kappa shape index (κ2) is 9.50. The molecule has 0 fully saturated rings. The van der Waals surface area contributed by atoms with Crippen molar-refractivity contribution in [2.24, 2.45) is 0 Å². The lowest BCUT2D eigenvalue weighted by molar-refractivity contribution is -0.124. The molecule has 29 heavy (non-hydrogen) atoms. The molecule has 0 aliphatic carbocycles. The number of carbonyl (C=O) groups excluding carboxylic acids is 2. The van der Waals surface area contributed by atoms with Gasteiger partial charge < -0.3 is 19.2 Å². The predicted octanol–water partition coefficient (Wildman–Crippen LogP) is 2.71. The van der Waals surface area contributed by atoms with Crippen molar-refractivity contribution in [3.63, 3.8) is 0 Å². The zero-order valence-electron chi connectivity index (χ0n) is 16.2. The van der Waals surface area contributed by atoms with Gasteiger partial charge in [0.2, 0.25) is 12.3 Å². The quantitative estimate of drug-likeness (QED) is 0.462. The number of aromatic nitrogens is 2. The standard InChI is InChI=1S/C21H21N3O5/c1-14-3-8-18(15(2)11-14)27-10-9-22-19(25)12-28-21(26)17-6-4-16(5-7-17)20-24-23-13-29-20/h3-8,11,13H,9-10,12H2,1-2H3,(H,22,25). The zero-order valence-corrected chi connectivity index (χ0v) is 16.2. The Morgan fingerprint density at radius 2 is 1.90 bits per heavy atom. The van der Waals surface area contributed by atoms with Gasteiger partial charge in [-0.25, -0.2) is 4.79 Å². The van der Waals surface area contributed by atoms with Gasteiger partial charge in [0.05, 0.1) is 12.1 Å². The van der Waals surface area contributed by atoms with E-state index in [0.717, 1.165) is 16.9 Å². The summed E-state index contributed by atoms with van der Waals surface area (Å²) in [6.07, 6.45) is 1.23. The Labute approximate surface area is 167 Å². The van der Waals surface area contributed by atoms with E-state index >= 15 is 0 Å². The zero-order chi connectivity index (χ0) is 20.6. The summed E-state index contributed by atoms with van der Waals surface area (Å²) in [5, 5.41) is 10.0. The van der Waals surface area contributed by atoms with Gasteiger partial charge in [0.1, 0.15) is 12.4 Å². The number of carbonyl (C=O) groups is 2. The monoisotopic (exact) mass is 395 g/mol. The highest BCUT2D eigenvalue weighted by atomic mass is 16.5.